The predicted octanol–water partition coefficient (Wildman–Crippen LogP) is 2.44. The van der Waals surface area contributed by atoms with Crippen molar-refractivity contribution >= 4 is 18.5 Å². The maximum atomic E-state index is 11.3. The maximum absolute atomic E-state index is 11.3. The van der Waals surface area contributed by atoms with Gasteiger partial charge >= 0.3 is 0 Å². The van der Waals surface area contributed by atoms with Crippen molar-refractivity contribution < 1.29 is 4.79 Å². The zero-order chi connectivity index (χ0) is 12.0. The molecule has 2 nitrogen and oxygen atoms in total. The van der Waals surface area contributed by atoms with E-state index in [2.05, 4.69) is 30.1 Å². The molecule has 3 heteroatoms. The number of carbonyl (C=O) groups excluding carboxylic acids is 1. The minimum atomic E-state index is -0.171. The second-order valence-electron chi connectivity index (χ2n) is 4.58. The van der Waals surface area contributed by atoms with E-state index in [1.165, 1.54) is 5.56 Å². The van der Waals surface area contributed by atoms with E-state index >= 15 is 0 Å². The Morgan fingerprint density at radius 3 is 2.50 bits per heavy atom. The van der Waals surface area contributed by atoms with Crippen molar-refractivity contribution in [3.63, 3.8) is 0 Å². The molecule has 1 aromatic carbocycles. The van der Waals surface area contributed by atoms with Gasteiger partial charge in [-0.3, -0.25) is 4.79 Å². The largest absolute Gasteiger partial charge is 0.351 e. The summed E-state index contributed by atoms with van der Waals surface area (Å²) in [4.78, 5) is 11.3. The van der Waals surface area contributed by atoms with Gasteiger partial charge in [-0.1, -0.05) is 30.3 Å². The number of hydrogen-bond acceptors (Lipinski definition) is 2. The van der Waals surface area contributed by atoms with Gasteiger partial charge in [-0.25, -0.2) is 0 Å². The fourth-order valence-corrected chi connectivity index (χ4v) is 1.66. The molecule has 1 aromatic rings. The topological polar surface area (TPSA) is 29.1 Å². The zero-order valence-corrected chi connectivity index (χ0v) is 10.8. The van der Waals surface area contributed by atoms with Gasteiger partial charge in [0.15, 0.2) is 0 Å². The first-order chi connectivity index (χ1) is 7.53. The smallest absolute Gasteiger partial charge is 0.230 e. The Balaban J connectivity index is 2.44. The highest BCUT2D eigenvalue weighted by molar-refractivity contribution is 7.81. The van der Waals surface area contributed by atoms with E-state index < -0.39 is 0 Å². The average molecular weight is 237 g/mol. The van der Waals surface area contributed by atoms with Gasteiger partial charge in [-0.2, -0.15) is 12.6 Å². The molecule has 0 fully saturated rings. The molecule has 16 heavy (non-hydrogen) atoms. The number of thiol groups is 1. The van der Waals surface area contributed by atoms with Crippen LogP contribution in [0.4, 0.5) is 0 Å². The van der Waals surface area contributed by atoms with Crippen molar-refractivity contribution in [1.29, 1.82) is 0 Å². The SMILES string of the molecule is CC(C)(CCc1ccccc1)NC(=O)CS. The van der Waals surface area contributed by atoms with Crippen LogP contribution in [0.25, 0.3) is 0 Å². The highest BCUT2D eigenvalue weighted by Gasteiger charge is 2.19. The van der Waals surface area contributed by atoms with E-state index in [0.29, 0.717) is 0 Å². The van der Waals surface area contributed by atoms with Crippen LogP contribution in [0.3, 0.4) is 0 Å². The standard InChI is InChI=1S/C13H19NOS/c1-13(2,14-12(15)10-16)9-8-11-6-4-3-5-7-11/h3-7,16H,8-10H2,1-2H3,(H,14,15). The van der Waals surface area contributed by atoms with Gasteiger partial charge in [0.25, 0.3) is 0 Å². The molecule has 88 valence electrons. The predicted molar refractivity (Wildman–Crippen MR) is 70.8 cm³/mol. The fraction of sp³-hybridized carbons (Fsp3) is 0.462. The summed E-state index contributed by atoms with van der Waals surface area (Å²) < 4.78 is 0. The van der Waals surface area contributed by atoms with E-state index in [-0.39, 0.29) is 17.2 Å². The number of aryl methyl sites for hydroxylation is 1. The van der Waals surface area contributed by atoms with Crippen molar-refractivity contribution in [1.82, 2.24) is 5.32 Å². The molecular formula is C13H19NOS. The van der Waals surface area contributed by atoms with Crippen LogP contribution < -0.4 is 5.32 Å². The van der Waals surface area contributed by atoms with E-state index in [4.69, 9.17) is 0 Å². The third-order valence-electron chi connectivity index (χ3n) is 2.50. The van der Waals surface area contributed by atoms with Crippen LogP contribution in [-0.4, -0.2) is 17.2 Å². The van der Waals surface area contributed by atoms with Crippen molar-refractivity contribution in [3.05, 3.63) is 35.9 Å². The monoisotopic (exact) mass is 237 g/mol. The van der Waals surface area contributed by atoms with Crippen LogP contribution in [0.15, 0.2) is 30.3 Å². The van der Waals surface area contributed by atoms with Gasteiger partial charge in [0, 0.05) is 5.54 Å². The zero-order valence-electron chi connectivity index (χ0n) is 9.86. The molecule has 0 bridgehead atoms. The minimum absolute atomic E-state index is 0.0126. The molecule has 0 radical (unpaired) electrons. The average Bonchev–Trinajstić information content (AvgIpc) is 2.27. The molecule has 0 saturated carbocycles. The molecule has 0 aliphatic carbocycles. The van der Waals surface area contributed by atoms with E-state index in [0.717, 1.165) is 12.8 Å². The highest BCUT2D eigenvalue weighted by atomic mass is 32.1. The normalized spacial score (nSPS) is 11.2. The molecule has 1 rings (SSSR count). The highest BCUT2D eigenvalue weighted by Crippen LogP contribution is 2.13. The maximum Gasteiger partial charge on any atom is 0.230 e. The summed E-state index contributed by atoms with van der Waals surface area (Å²) in [5.41, 5.74) is 1.13. The first-order valence-corrected chi connectivity index (χ1v) is 6.12. The molecular weight excluding hydrogens is 218 g/mol. The minimum Gasteiger partial charge on any atom is -0.351 e. The van der Waals surface area contributed by atoms with Crippen LogP contribution in [0.2, 0.25) is 0 Å². The Morgan fingerprint density at radius 1 is 1.31 bits per heavy atom. The van der Waals surface area contributed by atoms with Crippen molar-refractivity contribution in [2.75, 3.05) is 5.75 Å². The number of benzene rings is 1. The summed E-state index contributed by atoms with van der Waals surface area (Å²) in [6, 6.07) is 10.3. The Kier molecular flexibility index (Phi) is 4.87. The molecule has 0 aliphatic rings. The second kappa shape index (κ2) is 5.94. The summed E-state index contributed by atoms with van der Waals surface area (Å²) >= 11 is 3.95. The Labute approximate surface area is 103 Å². The number of hydrogen-bond donors (Lipinski definition) is 2. The lowest BCUT2D eigenvalue weighted by Crippen LogP contribution is -2.44. The van der Waals surface area contributed by atoms with Gasteiger partial charge in [0.1, 0.15) is 0 Å². The summed E-state index contributed by atoms with van der Waals surface area (Å²) in [6.07, 6.45) is 1.90. The Morgan fingerprint density at radius 2 is 1.94 bits per heavy atom. The van der Waals surface area contributed by atoms with Gasteiger partial charge in [0.05, 0.1) is 5.75 Å². The van der Waals surface area contributed by atoms with Crippen LogP contribution in [0, 0.1) is 0 Å². The molecule has 0 aliphatic heterocycles. The van der Waals surface area contributed by atoms with E-state index in [1.54, 1.807) is 0 Å². The fourth-order valence-electron chi connectivity index (χ4n) is 1.58. The van der Waals surface area contributed by atoms with Gasteiger partial charge in [0.2, 0.25) is 5.91 Å². The van der Waals surface area contributed by atoms with Crippen molar-refractivity contribution in [3.8, 4) is 0 Å². The molecule has 0 saturated heterocycles. The lowest BCUT2D eigenvalue weighted by Gasteiger charge is -2.26. The third-order valence-corrected chi connectivity index (χ3v) is 2.79. The van der Waals surface area contributed by atoms with Crippen LogP contribution in [-0.2, 0) is 11.2 Å². The molecule has 0 aromatic heterocycles. The number of carbonyl (C=O) groups is 1. The molecule has 1 amide bonds. The summed E-state index contributed by atoms with van der Waals surface area (Å²) in [7, 11) is 0. The summed E-state index contributed by atoms with van der Waals surface area (Å²) in [5.74, 6) is 0.232. The van der Waals surface area contributed by atoms with E-state index in [9.17, 15) is 4.79 Å². The van der Waals surface area contributed by atoms with E-state index in [1.807, 2.05) is 32.0 Å². The number of amides is 1. The third kappa shape index (κ3) is 4.71. The molecule has 0 unspecified atom stereocenters. The van der Waals surface area contributed by atoms with Crippen molar-refractivity contribution in [2.24, 2.45) is 0 Å². The number of nitrogens with one attached hydrogen (secondary N) is 1. The first-order valence-electron chi connectivity index (χ1n) is 5.49. The second-order valence-corrected chi connectivity index (χ2v) is 4.89. The molecule has 0 spiro atoms. The Hall–Kier alpha value is -0.960. The molecule has 0 heterocycles. The van der Waals surface area contributed by atoms with Crippen LogP contribution in [0.5, 0.6) is 0 Å². The molecule has 0 atom stereocenters. The van der Waals surface area contributed by atoms with Gasteiger partial charge in [-0.15, -0.1) is 0 Å². The Bertz CT molecular complexity index is 335. The summed E-state index contributed by atoms with van der Waals surface area (Å²) in [6.45, 7) is 4.08. The molecule has 1 N–H and O–H groups in total. The van der Waals surface area contributed by atoms with Gasteiger partial charge in [-0.05, 0) is 32.3 Å². The van der Waals surface area contributed by atoms with Crippen molar-refractivity contribution in [2.45, 2.75) is 32.2 Å². The quantitative estimate of drug-likeness (QED) is 0.757. The van der Waals surface area contributed by atoms with Crippen LogP contribution in [0.1, 0.15) is 25.8 Å². The number of rotatable bonds is 5. The summed E-state index contributed by atoms with van der Waals surface area (Å²) in [5, 5.41) is 2.96. The van der Waals surface area contributed by atoms with Gasteiger partial charge < -0.3 is 5.32 Å². The first kappa shape index (κ1) is 13.1. The lowest BCUT2D eigenvalue weighted by molar-refractivity contribution is -0.120. The van der Waals surface area contributed by atoms with Crippen LogP contribution >= 0.6 is 12.6 Å². The lowest BCUT2D eigenvalue weighted by atomic mass is 9.95.